The van der Waals surface area contributed by atoms with Gasteiger partial charge in [-0.05, 0) is 23.3 Å². The number of hydrogen-bond donors (Lipinski definition) is 3. The summed E-state index contributed by atoms with van der Waals surface area (Å²) in [5, 5.41) is 22.9. The first-order valence-corrected chi connectivity index (χ1v) is 7.06. The molecular weight excluding hydrogens is 282 g/mol. The molecule has 0 unspecified atom stereocenters. The minimum Gasteiger partial charge on any atom is -0.399 e. The van der Waals surface area contributed by atoms with Crippen LogP contribution in [0.1, 0.15) is 25.0 Å². The fourth-order valence-electron chi connectivity index (χ4n) is 1.81. The van der Waals surface area contributed by atoms with E-state index in [0.717, 1.165) is 11.1 Å². The molecule has 2 aromatic rings. The smallest absolute Gasteiger partial charge is 0.294 e. The summed E-state index contributed by atoms with van der Waals surface area (Å²) >= 11 is 0. The molecule has 0 aliphatic rings. The third-order valence-corrected chi connectivity index (χ3v) is 2.91. The minimum absolute atomic E-state index is 0.00283. The lowest BCUT2D eigenvalue weighted by molar-refractivity contribution is -0.383. The van der Waals surface area contributed by atoms with Gasteiger partial charge in [0.25, 0.3) is 5.69 Å². The minimum atomic E-state index is -0.465. The van der Waals surface area contributed by atoms with Crippen LogP contribution in [0, 0.1) is 10.1 Å². The molecule has 2 aromatic carbocycles. The average molecular weight is 303 g/mol. The standard InChI is InChI=1S/C14H15N3O3.C2H6/c15-12-5-6-13(14(7-12)17(19)20)16-8-10-1-3-11(9-18)4-2-10;1-2/h1-7,16,18H,8-9,15H2;1-2H3. The topological polar surface area (TPSA) is 101 Å². The van der Waals surface area contributed by atoms with Crippen molar-refractivity contribution in [1.82, 2.24) is 0 Å². The van der Waals surface area contributed by atoms with Crippen molar-refractivity contribution in [2.75, 3.05) is 11.1 Å². The van der Waals surface area contributed by atoms with Gasteiger partial charge in [-0.1, -0.05) is 38.1 Å². The van der Waals surface area contributed by atoms with Crippen LogP contribution in [0.15, 0.2) is 42.5 Å². The summed E-state index contributed by atoms with van der Waals surface area (Å²) < 4.78 is 0. The van der Waals surface area contributed by atoms with E-state index in [1.807, 2.05) is 38.1 Å². The van der Waals surface area contributed by atoms with Gasteiger partial charge in [-0.2, -0.15) is 0 Å². The normalized spacial score (nSPS) is 9.59. The SMILES string of the molecule is CC.Nc1ccc(NCc2ccc(CO)cc2)c([N+](=O)[O-])c1. The second-order valence-electron chi connectivity index (χ2n) is 4.36. The zero-order chi connectivity index (χ0) is 16.5. The molecule has 6 heteroatoms. The summed E-state index contributed by atoms with van der Waals surface area (Å²) in [5.41, 5.74) is 8.08. The van der Waals surface area contributed by atoms with E-state index >= 15 is 0 Å². The van der Waals surface area contributed by atoms with Gasteiger partial charge in [0.05, 0.1) is 11.5 Å². The number of anilines is 2. The largest absolute Gasteiger partial charge is 0.399 e. The molecule has 0 aromatic heterocycles. The first-order valence-electron chi connectivity index (χ1n) is 7.06. The molecule has 0 saturated heterocycles. The number of nitrogens with one attached hydrogen (secondary N) is 1. The first-order chi connectivity index (χ1) is 10.6. The number of nitro benzene ring substituents is 1. The van der Waals surface area contributed by atoms with Gasteiger partial charge in [-0.3, -0.25) is 10.1 Å². The highest BCUT2D eigenvalue weighted by Crippen LogP contribution is 2.27. The molecular formula is C16H21N3O3. The number of aliphatic hydroxyl groups is 1. The average Bonchev–Trinajstić information content (AvgIpc) is 2.56. The Balaban J connectivity index is 0.00000116. The Bertz CT molecular complexity index is 613. The Labute approximate surface area is 129 Å². The lowest BCUT2D eigenvalue weighted by Gasteiger charge is -2.08. The van der Waals surface area contributed by atoms with Crippen LogP contribution in [0.5, 0.6) is 0 Å². The van der Waals surface area contributed by atoms with E-state index in [-0.39, 0.29) is 12.3 Å². The van der Waals surface area contributed by atoms with E-state index in [1.165, 1.54) is 6.07 Å². The number of nitrogen functional groups attached to an aromatic ring is 1. The maximum absolute atomic E-state index is 11.0. The van der Waals surface area contributed by atoms with Crippen molar-refractivity contribution < 1.29 is 10.0 Å². The maximum atomic E-state index is 11.0. The Morgan fingerprint density at radius 3 is 2.27 bits per heavy atom. The Hall–Kier alpha value is -2.60. The molecule has 0 saturated carbocycles. The molecule has 0 spiro atoms. The van der Waals surface area contributed by atoms with Crippen LogP contribution in [0.4, 0.5) is 17.1 Å². The zero-order valence-corrected chi connectivity index (χ0v) is 12.7. The third kappa shape index (κ3) is 4.75. The summed E-state index contributed by atoms with van der Waals surface area (Å²) in [6.07, 6.45) is 0. The van der Waals surface area contributed by atoms with Crippen LogP contribution >= 0.6 is 0 Å². The van der Waals surface area contributed by atoms with E-state index in [4.69, 9.17) is 10.8 Å². The fraction of sp³-hybridized carbons (Fsp3) is 0.250. The zero-order valence-electron chi connectivity index (χ0n) is 12.7. The number of aliphatic hydroxyl groups excluding tert-OH is 1. The third-order valence-electron chi connectivity index (χ3n) is 2.91. The summed E-state index contributed by atoms with van der Waals surface area (Å²) in [7, 11) is 0. The van der Waals surface area contributed by atoms with Crippen LogP contribution in [-0.4, -0.2) is 10.0 Å². The van der Waals surface area contributed by atoms with E-state index in [2.05, 4.69) is 5.32 Å². The van der Waals surface area contributed by atoms with Crippen molar-refractivity contribution in [3.63, 3.8) is 0 Å². The molecule has 6 nitrogen and oxygen atoms in total. The Morgan fingerprint density at radius 1 is 1.14 bits per heavy atom. The molecule has 0 atom stereocenters. The molecule has 0 fully saturated rings. The van der Waals surface area contributed by atoms with Crippen molar-refractivity contribution in [3.05, 3.63) is 63.7 Å². The molecule has 0 bridgehead atoms. The molecule has 0 aliphatic heterocycles. The molecule has 0 amide bonds. The lowest BCUT2D eigenvalue weighted by Crippen LogP contribution is -2.03. The molecule has 0 aliphatic carbocycles. The number of nitrogens with zero attached hydrogens (tertiary/aromatic N) is 1. The van der Waals surface area contributed by atoms with Crippen molar-refractivity contribution in [1.29, 1.82) is 0 Å². The summed E-state index contributed by atoms with van der Waals surface area (Å²) in [6.45, 7) is 4.45. The van der Waals surface area contributed by atoms with Crippen molar-refractivity contribution in [2.45, 2.75) is 27.0 Å². The summed E-state index contributed by atoms with van der Waals surface area (Å²) in [4.78, 5) is 10.5. The number of nitrogens with two attached hydrogens (primary N) is 1. The van der Waals surface area contributed by atoms with E-state index in [0.29, 0.717) is 17.9 Å². The fourth-order valence-corrected chi connectivity index (χ4v) is 1.81. The van der Waals surface area contributed by atoms with Gasteiger partial charge in [0, 0.05) is 18.3 Å². The summed E-state index contributed by atoms with van der Waals surface area (Å²) in [5.74, 6) is 0. The number of hydrogen-bond acceptors (Lipinski definition) is 5. The van der Waals surface area contributed by atoms with Gasteiger partial charge < -0.3 is 16.2 Å². The van der Waals surface area contributed by atoms with Crippen molar-refractivity contribution >= 4 is 17.1 Å². The maximum Gasteiger partial charge on any atom is 0.294 e. The first kappa shape index (κ1) is 17.5. The Kier molecular flexibility index (Phi) is 6.85. The van der Waals surface area contributed by atoms with Gasteiger partial charge in [0.2, 0.25) is 0 Å². The molecule has 0 radical (unpaired) electrons. The van der Waals surface area contributed by atoms with Gasteiger partial charge in [-0.25, -0.2) is 0 Å². The van der Waals surface area contributed by atoms with Crippen LogP contribution in [0.2, 0.25) is 0 Å². The van der Waals surface area contributed by atoms with E-state index in [9.17, 15) is 10.1 Å². The van der Waals surface area contributed by atoms with E-state index in [1.54, 1.807) is 12.1 Å². The number of rotatable bonds is 5. The van der Waals surface area contributed by atoms with Gasteiger partial charge in [0.15, 0.2) is 0 Å². The predicted octanol–water partition coefficient (Wildman–Crippen LogP) is 3.31. The number of nitro groups is 1. The molecule has 0 heterocycles. The Morgan fingerprint density at radius 2 is 1.73 bits per heavy atom. The summed E-state index contributed by atoms with van der Waals surface area (Å²) in [6, 6.07) is 11.9. The monoisotopic (exact) mass is 303 g/mol. The highest BCUT2D eigenvalue weighted by atomic mass is 16.6. The quantitative estimate of drug-likeness (QED) is 0.447. The molecule has 4 N–H and O–H groups in total. The van der Waals surface area contributed by atoms with Crippen LogP contribution in [0.25, 0.3) is 0 Å². The number of benzene rings is 2. The van der Waals surface area contributed by atoms with E-state index < -0.39 is 4.92 Å². The second kappa shape index (κ2) is 8.63. The highest BCUT2D eigenvalue weighted by molar-refractivity contribution is 5.66. The van der Waals surface area contributed by atoms with Crippen molar-refractivity contribution in [3.8, 4) is 0 Å². The second-order valence-corrected chi connectivity index (χ2v) is 4.36. The predicted molar refractivity (Wildman–Crippen MR) is 88.5 cm³/mol. The molecule has 2 rings (SSSR count). The highest BCUT2D eigenvalue weighted by Gasteiger charge is 2.13. The lowest BCUT2D eigenvalue weighted by atomic mass is 10.1. The van der Waals surface area contributed by atoms with Crippen LogP contribution in [-0.2, 0) is 13.2 Å². The van der Waals surface area contributed by atoms with Crippen molar-refractivity contribution in [2.24, 2.45) is 0 Å². The molecule has 118 valence electrons. The molecule has 22 heavy (non-hydrogen) atoms. The van der Waals surface area contributed by atoms with Crippen LogP contribution in [0.3, 0.4) is 0 Å². The van der Waals surface area contributed by atoms with Gasteiger partial charge >= 0.3 is 0 Å². The van der Waals surface area contributed by atoms with Gasteiger partial charge in [-0.15, -0.1) is 0 Å². The van der Waals surface area contributed by atoms with Gasteiger partial charge in [0.1, 0.15) is 5.69 Å². The van der Waals surface area contributed by atoms with Crippen LogP contribution < -0.4 is 11.1 Å².